The van der Waals surface area contributed by atoms with Gasteiger partial charge in [0, 0.05) is 41.5 Å². The van der Waals surface area contributed by atoms with Gasteiger partial charge in [0.15, 0.2) is 5.60 Å². The second kappa shape index (κ2) is 13.9. The predicted molar refractivity (Wildman–Crippen MR) is 168 cm³/mol. The van der Waals surface area contributed by atoms with Crippen LogP contribution in [-0.4, -0.2) is 31.1 Å². The van der Waals surface area contributed by atoms with E-state index in [1.54, 1.807) is 13.0 Å². The average molecular weight is 591 g/mol. The summed E-state index contributed by atoms with van der Waals surface area (Å²) in [5.41, 5.74) is 2.47. The number of esters is 3. The molecule has 0 spiro atoms. The molecule has 44 heavy (non-hydrogen) atoms. The monoisotopic (exact) mass is 590 g/mol. The third kappa shape index (κ3) is 7.06. The molecule has 7 nitrogen and oxygen atoms in total. The SMILES string of the molecule is C=C(C)C(=O)OCCCOC(=O)CCCC(=O)Oc1ccc2ccc3c(c2c1)C=CC(c1ccccc1)(c1ccccc1)O3. The van der Waals surface area contributed by atoms with Gasteiger partial charge >= 0.3 is 17.9 Å². The second-order valence-corrected chi connectivity index (χ2v) is 10.6. The smallest absolute Gasteiger partial charge is 0.333 e. The number of hydrogen-bond acceptors (Lipinski definition) is 7. The van der Waals surface area contributed by atoms with E-state index in [9.17, 15) is 14.4 Å². The minimum atomic E-state index is -0.786. The highest BCUT2D eigenvalue weighted by Crippen LogP contribution is 2.44. The highest BCUT2D eigenvalue weighted by atomic mass is 16.5. The maximum Gasteiger partial charge on any atom is 0.333 e. The van der Waals surface area contributed by atoms with Crippen LogP contribution in [0.1, 0.15) is 49.3 Å². The lowest BCUT2D eigenvalue weighted by Crippen LogP contribution is -2.34. The molecular formula is C37H34O7. The highest BCUT2D eigenvalue weighted by molar-refractivity contribution is 5.95. The van der Waals surface area contributed by atoms with E-state index in [1.165, 1.54) is 0 Å². The number of benzene rings is 4. The van der Waals surface area contributed by atoms with E-state index < -0.39 is 23.5 Å². The van der Waals surface area contributed by atoms with Crippen LogP contribution in [0.25, 0.3) is 16.8 Å². The summed E-state index contributed by atoms with van der Waals surface area (Å²) in [6, 6.07) is 29.7. The van der Waals surface area contributed by atoms with Crippen molar-refractivity contribution in [1.82, 2.24) is 0 Å². The Morgan fingerprint density at radius 2 is 1.41 bits per heavy atom. The number of rotatable bonds is 12. The van der Waals surface area contributed by atoms with E-state index >= 15 is 0 Å². The van der Waals surface area contributed by atoms with Gasteiger partial charge in [0.1, 0.15) is 11.5 Å². The molecule has 1 aliphatic rings. The highest BCUT2D eigenvalue weighted by Gasteiger charge is 2.37. The molecule has 0 amide bonds. The molecule has 0 bridgehead atoms. The molecule has 224 valence electrons. The van der Waals surface area contributed by atoms with Crippen molar-refractivity contribution in [1.29, 1.82) is 0 Å². The van der Waals surface area contributed by atoms with Crippen molar-refractivity contribution in [3.05, 3.63) is 126 Å². The molecule has 0 aromatic heterocycles. The van der Waals surface area contributed by atoms with Gasteiger partial charge in [0.2, 0.25) is 0 Å². The zero-order valence-corrected chi connectivity index (χ0v) is 24.6. The van der Waals surface area contributed by atoms with E-state index in [1.807, 2.05) is 60.7 Å². The fourth-order valence-electron chi connectivity index (χ4n) is 5.05. The molecule has 0 saturated heterocycles. The van der Waals surface area contributed by atoms with Gasteiger partial charge in [-0.3, -0.25) is 9.59 Å². The normalized spacial score (nSPS) is 12.9. The van der Waals surface area contributed by atoms with Gasteiger partial charge in [-0.2, -0.15) is 0 Å². The van der Waals surface area contributed by atoms with Crippen molar-refractivity contribution in [2.45, 2.75) is 38.2 Å². The topological polar surface area (TPSA) is 88.1 Å². The Kier molecular flexibility index (Phi) is 9.55. The van der Waals surface area contributed by atoms with Crippen molar-refractivity contribution >= 4 is 34.8 Å². The number of ether oxygens (including phenoxy) is 4. The molecule has 0 aliphatic carbocycles. The van der Waals surface area contributed by atoms with Gasteiger partial charge in [-0.05, 0) is 54.5 Å². The lowest BCUT2D eigenvalue weighted by atomic mass is 9.83. The minimum absolute atomic E-state index is 0.0654. The standard InChI is InChI=1S/C37H34O7/c1-26(2)36(40)42-24-10-23-41-34(38)15-9-16-35(39)43-30-19-17-27-18-20-33-31(32(27)25-30)21-22-37(44-33,28-11-5-3-6-12-28)29-13-7-4-8-14-29/h3-8,11-14,17-22,25H,1,9-10,15-16,23-24H2,2H3. The molecule has 0 unspecified atom stereocenters. The van der Waals surface area contributed by atoms with Crippen LogP contribution in [-0.2, 0) is 29.5 Å². The Labute approximate surface area is 256 Å². The Bertz CT molecular complexity index is 1650. The zero-order valence-electron chi connectivity index (χ0n) is 24.6. The number of hydrogen-bond donors (Lipinski definition) is 0. The summed E-state index contributed by atoms with van der Waals surface area (Å²) in [7, 11) is 0. The van der Waals surface area contributed by atoms with Gasteiger partial charge < -0.3 is 18.9 Å². The first kappa shape index (κ1) is 30.3. The molecule has 1 aliphatic heterocycles. The van der Waals surface area contributed by atoms with Gasteiger partial charge in [0.05, 0.1) is 13.2 Å². The third-order valence-corrected chi connectivity index (χ3v) is 7.28. The first-order valence-electron chi connectivity index (χ1n) is 14.6. The first-order chi connectivity index (χ1) is 21.4. The largest absolute Gasteiger partial charge is 0.473 e. The average Bonchev–Trinajstić information content (AvgIpc) is 3.04. The van der Waals surface area contributed by atoms with Crippen LogP contribution in [0.4, 0.5) is 0 Å². The lowest BCUT2D eigenvalue weighted by Gasteiger charge is -2.36. The minimum Gasteiger partial charge on any atom is -0.473 e. The van der Waals surface area contributed by atoms with Crippen LogP contribution in [0.3, 0.4) is 0 Å². The van der Waals surface area contributed by atoms with Gasteiger partial charge in [-0.15, -0.1) is 0 Å². The molecule has 0 N–H and O–H groups in total. The summed E-state index contributed by atoms with van der Waals surface area (Å²) in [5, 5.41) is 1.89. The van der Waals surface area contributed by atoms with Crippen LogP contribution in [0.15, 0.2) is 109 Å². The fraction of sp³-hybridized carbons (Fsp3) is 0.216. The molecule has 0 saturated carbocycles. The molecule has 0 atom stereocenters. The molecule has 0 radical (unpaired) electrons. The van der Waals surface area contributed by atoms with Crippen molar-refractivity contribution < 1.29 is 33.3 Å². The first-order valence-corrected chi connectivity index (χ1v) is 14.6. The van der Waals surface area contributed by atoms with Crippen LogP contribution in [0.2, 0.25) is 0 Å². The molecule has 4 aromatic rings. The summed E-state index contributed by atoms with van der Waals surface area (Å²) in [6.45, 7) is 5.34. The van der Waals surface area contributed by atoms with Crippen molar-refractivity contribution in [3.8, 4) is 11.5 Å². The predicted octanol–water partition coefficient (Wildman–Crippen LogP) is 7.32. The Balaban J connectivity index is 1.21. The zero-order chi connectivity index (χ0) is 30.9. The van der Waals surface area contributed by atoms with Gasteiger partial charge in [-0.25, -0.2) is 4.79 Å². The fourth-order valence-corrected chi connectivity index (χ4v) is 5.05. The number of fused-ring (bicyclic) bond motifs is 3. The van der Waals surface area contributed by atoms with Crippen molar-refractivity contribution in [2.24, 2.45) is 0 Å². The maximum atomic E-state index is 12.6. The molecule has 4 aromatic carbocycles. The molecule has 0 fully saturated rings. The maximum absolute atomic E-state index is 12.6. The van der Waals surface area contributed by atoms with Gasteiger partial charge in [-0.1, -0.05) is 79.4 Å². The Hall–Kier alpha value is -5.17. The summed E-state index contributed by atoms with van der Waals surface area (Å²) in [5.74, 6) is -0.190. The quantitative estimate of drug-likeness (QED) is 0.0739. The van der Waals surface area contributed by atoms with E-state index in [0.717, 1.165) is 33.2 Å². The number of carbonyl (C=O) groups is 3. The van der Waals surface area contributed by atoms with E-state index in [0.29, 0.717) is 24.2 Å². The summed E-state index contributed by atoms with van der Waals surface area (Å²) in [6.07, 6.45) is 4.98. The molecule has 1 heterocycles. The van der Waals surface area contributed by atoms with Crippen molar-refractivity contribution in [2.75, 3.05) is 13.2 Å². The second-order valence-electron chi connectivity index (χ2n) is 10.6. The summed E-state index contributed by atoms with van der Waals surface area (Å²) >= 11 is 0. The van der Waals surface area contributed by atoms with Crippen LogP contribution >= 0.6 is 0 Å². The van der Waals surface area contributed by atoms with Crippen molar-refractivity contribution in [3.63, 3.8) is 0 Å². The lowest BCUT2D eigenvalue weighted by molar-refractivity contribution is -0.145. The summed E-state index contributed by atoms with van der Waals surface area (Å²) < 4.78 is 22.5. The van der Waals surface area contributed by atoms with Crippen LogP contribution < -0.4 is 9.47 Å². The Morgan fingerprint density at radius 1 is 0.773 bits per heavy atom. The van der Waals surface area contributed by atoms with Gasteiger partial charge in [0.25, 0.3) is 0 Å². The third-order valence-electron chi connectivity index (χ3n) is 7.28. The summed E-state index contributed by atoms with van der Waals surface area (Å²) in [4.78, 5) is 35.9. The van der Waals surface area contributed by atoms with E-state index in [4.69, 9.17) is 18.9 Å². The van der Waals surface area contributed by atoms with E-state index in [-0.39, 0.29) is 26.1 Å². The number of carbonyl (C=O) groups excluding carboxylic acids is 3. The van der Waals surface area contributed by atoms with Crippen LogP contribution in [0, 0.1) is 0 Å². The molecule has 5 rings (SSSR count). The molecule has 7 heteroatoms. The molecular weight excluding hydrogens is 556 g/mol. The Morgan fingerprint density at radius 3 is 2.09 bits per heavy atom. The van der Waals surface area contributed by atoms with Crippen LogP contribution in [0.5, 0.6) is 11.5 Å². The van der Waals surface area contributed by atoms with E-state index in [2.05, 4.69) is 43.0 Å².